The molecule has 96 valence electrons. The molecule has 0 saturated heterocycles. The van der Waals surface area contributed by atoms with Gasteiger partial charge in [-0.25, -0.2) is 4.98 Å². The molecule has 0 spiro atoms. The molecule has 1 unspecified atom stereocenters. The van der Waals surface area contributed by atoms with Gasteiger partial charge >= 0.3 is 0 Å². The molecule has 0 aromatic carbocycles. The SMILES string of the molecule is COCC(CCCN)Nc1ccc(Cl)nc1C. The predicted octanol–water partition coefficient (Wildman–Crippen LogP) is 2.21. The van der Waals surface area contributed by atoms with E-state index in [0.717, 1.165) is 24.2 Å². The normalized spacial score (nSPS) is 12.5. The number of nitrogens with one attached hydrogen (secondary N) is 1. The number of halogens is 1. The molecule has 1 aromatic heterocycles. The van der Waals surface area contributed by atoms with Crippen LogP contribution >= 0.6 is 11.6 Å². The van der Waals surface area contributed by atoms with E-state index < -0.39 is 0 Å². The van der Waals surface area contributed by atoms with Crippen LogP contribution in [0.4, 0.5) is 5.69 Å². The zero-order valence-electron chi connectivity index (χ0n) is 10.4. The third kappa shape index (κ3) is 4.89. The van der Waals surface area contributed by atoms with Crippen molar-refractivity contribution in [3.05, 3.63) is 23.0 Å². The Morgan fingerprint density at radius 1 is 1.53 bits per heavy atom. The van der Waals surface area contributed by atoms with Gasteiger partial charge < -0.3 is 15.8 Å². The average molecular weight is 258 g/mol. The molecular weight excluding hydrogens is 238 g/mol. The van der Waals surface area contributed by atoms with Gasteiger partial charge in [-0.2, -0.15) is 0 Å². The van der Waals surface area contributed by atoms with Crippen molar-refractivity contribution in [3.8, 4) is 0 Å². The molecule has 0 aliphatic carbocycles. The molecular formula is C12H20ClN3O. The van der Waals surface area contributed by atoms with Gasteiger partial charge in [-0.05, 0) is 38.4 Å². The summed E-state index contributed by atoms with van der Waals surface area (Å²) in [4.78, 5) is 4.20. The van der Waals surface area contributed by atoms with Crippen molar-refractivity contribution >= 4 is 17.3 Å². The Hall–Kier alpha value is -0.840. The van der Waals surface area contributed by atoms with Crippen molar-refractivity contribution in [3.63, 3.8) is 0 Å². The van der Waals surface area contributed by atoms with E-state index >= 15 is 0 Å². The summed E-state index contributed by atoms with van der Waals surface area (Å²) in [6.45, 7) is 3.28. The standard InChI is InChI=1S/C12H20ClN3O/c1-9-11(5-6-12(13)15-9)16-10(8-17-2)4-3-7-14/h5-6,10,16H,3-4,7-8,14H2,1-2H3. The largest absolute Gasteiger partial charge is 0.383 e. The molecule has 0 amide bonds. The summed E-state index contributed by atoms with van der Waals surface area (Å²) in [5.41, 5.74) is 7.41. The molecule has 0 radical (unpaired) electrons. The molecule has 0 fully saturated rings. The third-order valence-corrected chi connectivity index (χ3v) is 2.75. The summed E-state index contributed by atoms with van der Waals surface area (Å²) >= 11 is 5.82. The van der Waals surface area contributed by atoms with Gasteiger partial charge in [0.05, 0.1) is 18.0 Å². The fourth-order valence-corrected chi connectivity index (χ4v) is 1.86. The van der Waals surface area contributed by atoms with Crippen molar-refractivity contribution in [2.24, 2.45) is 5.73 Å². The number of ether oxygens (including phenoxy) is 1. The molecule has 5 heteroatoms. The number of pyridine rings is 1. The fraction of sp³-hybridized carbons (Fsp3) is 0.583. The second-order valence-corrected chi connectivity index (χ2v) is 4.38. The Morgan fingerprint density at radius 2 is 2.29 bits per heavy atom. The van der Waals surface area contributed by atoms with Crippen LogP contribution in [0.3, 0.4) is 0 Å². The average Bonchev–Trinajstić information content (AvgIpc) is 2.29. The minimum atomic E-state index is 0.255. The van der Waals surface area contributed by atoms with E-state index in [4.69, 9.17) is 22.1 Å². The van der Waals surface area contributed by atoms with Crippen LogP contribution in [0, 0.1) is 6.92 Å². The van der Waals surface area contributed by atoms with E-state index in [-0.39, 0.29) is 6.04 Å². The molecule has 1 rings (SSSR count). The molecule has 0 saturated carbocycles. The van der Waals surface area contributed by atoms with E-state index in [1.54, 1.807) is 13.2 Å². The maximum Gasteiger partial charge on any atom is 0.129 e. The first kappa shape index (κ1) is 14.2. The first-order chi connectivity index (χ1) is 8.17. The summed E-state index contributed by atoms with van der Waals surface area (Å²) < 4.78 is 5.19. The highest BCUT2D eigenvalue weighted by Crippen LogP contribution is 2.17. The topological polar surface area (TPSA) is 60.2 Å². The van der Waals surface area contributed by atoms with Crippen LogP contribution < -0.4 is 11.1 Å². The summed E-state index contributed by atoms with van der Waals surface area (Å²) in [6, 6.07) is 3.98. The van der Waals surface area contributed by atoms with Crippen molar-refractivity contribution in [2.75, 3.05) is 25.6 Å². The Bertz CT molecular complexity index is 347. The van der Waals surface area contributed by atoms with Gasteiger partial charge in [0.15, 0.2) is 0 Å². The Balaban J connectivity index is 2.64. The highest BCUT2D eigenvalue weighted by atomic mass is 35.5. The molecule has 17 heavy (non-hydrogen) atoms. The van der Waals surface area contributed by atoms with Crippen LogP contribution in [-0.4, -0.2) is 31.3 Å². The van der Waals surface area contributed by atoms with Crippen LogP contribution in [0.15, 0.2) is 12.1 Å². The van der Waals surface area contributed by atoms with Crippen molar-refractivity contribution in [1.29, 1.82) is 0 Å². The van der Waals surface area contributed by atoms with Gasteiger partial charge in [-0.1, -0.05) is 11.6 Å². The molecule has 0 bridgehead atoms. The van der Waals surface area contributed by atoms with Gasteiger partial charge in [0.25, 0.3) is 0 Å². The second-order valence-electron chi connectivity index (χ2n) is 3.99. The number of nitrogens with zero attached hydrogens (tertiary/aromatic N) is 1. The van der Waals surface area contributed by atoms with Gasteiger partial charge in [-0.15, -0.1) is 0 Å². The zero-order valence-corrected chi connectivity index (χ0v) is 11.1. The van der Waals surface area contributed by atoms with E-state index in [1.165, 1.54) is 0 Å². The molecule has 0 aliphatic rings. The second kappa shape index (κ2) is 7.48. The lowest BCUT2D eigenvalue weighted by atomic mass is 10.1. The third-order valence-electron chi connectivity index (χ3n) is 2.54. The number of methoxy groups -OCH3 is 1. The smallest absolute Gasteiger partial charge is 0.129 e. The van der Waals surface area contributed by atoms with E-state index in [0.29, 0.717) is 18.3 Å². The van der Waals surface area contributed by atoms with Crippen LogP contribution in [0.25, 0.3) is 0 Å². The Labute approximate surface area is 108 Å². The summed E-state index contributed by atoms with van der Waals surface area (Å²) in [5.74, 6) is 0. The maximum absolute atomic E-state index is 5.82. The first-order valence-corrected chi connectivity index (χ1v) is 6.14. The lowest BCUT2D eigenvalue weighted by molar-refractivity contribution is 0.182. The van der Waals surface area contributed by atoms with Gasteiger partial charge in [0.1, 0.15) is 5.15 Å². The molecule has 1 heterocycles. The number of hydrogen-bond donors (Lipinski definition) is 2. The first-order valence-electron chi connectivity index (χ1n) is 5.76. The van der Waals surface area contributed by atoms with E-state index in [9.17, 15) is 0 Å². The highest BCUT2D eigenvalue weighted by Gasteiger charge is 2.09. The Kier molecular flexibility index (Phi) is 6.26. The van der Waals surface area contributed by atoms with Gasteiger partial charge in [-0.3, -0.25) is 0 Å². The number of aromatic nitrogens is 1. The maximum atomic E-state index is 5.82. The van der Waals surface area contributed by atoms with Gasteiger partial charge in [0, 0.05) is 13.2 Å². The monoisotopic (exact) mass is 257 g/mol. The van der Waals surface area contributed by atoms with Crippen LogP contribution in [0.2, 0.25) is 5.15 Å². The zero-order chi connectivity index (χ0) is 12.7. The molecule has 0 aliphatic heterocycles. The predicted molar refractivity (Wildman–Crippen MR) is 71.6 cm³/mol. The highest BCUT2D eigenvalue weighted by molar-refractivity contribution is 6.29. The quantitative estimate of drug-likeness (QED) is 0.736. The molecule has 4 nitrogen and oxygen atoms in total. The van der Waals surface area contributed by atoms with Crippen molar-refractivity contribution < 1.29 is 4.74 Å². The number of hydrogen-bond acceptors (Lipinski definition) is 4. The summed E-state index contributed by atoms with van der Waals surface area (Å²) in [7, 11) is 1.70. The molecule has 3 N–H and O–H groups in total. The fourth-order valence-electron chi connectivity index (χ4n) is 1.67. The van der Waals surface area contributed by atoms with Crippen molar-refractivity contribution in [1.82, 2.24) is 4.98 Å². The van der Waals surface area contributed by atoms with Gasteiger partial charge in [0.2, 0.25) is 0 Å². The minimum absolute atomic E-state index is 0.255. The van der Waals surface area contributed by atoms with Crippen LogP contribution in [0.5, 0.6) is 0 Å². The van der Waals surface area contributed by atoms with Crippen molar-refractivity contribution in [2.45, 2.75) is 25.8 Å². The number of rotatable bonds is 7. The summed E-state index contributed by atoms with van der Waals surface area (Å²) in [6.07, 6.45) is 1.95. The molecule has 1 aromatic rings. The van der Waals surface area contributed by atoms with Crippen LogP contribution in [0.1, 0.15) is 18.5 Å². The minimum Gasteiger partial charge on any atom is -0.383 e. The number of aryl methyl sites for hydroxylation is 1. The van der Waals surface area contributed by atoms with Crippen LogP contribution in [-0.2, 0) is 4.74 Å². The lowest BCUT2D eigenvalue weighted by Gasteiger charge is -2.19. The number of anilines is 1. The molecule has 1 atom stereocenters. The van der Waals surface area contributed by atoms with E-state index in [2.05, 4.69) is 10.3 Å². The number of nitrogens with two attached hydrogens (primary N) is 1. The Morgan fingerprint density at radius 3 is 2.88 bits per heavy atom. The van der Waals surface area contributed by atoms with E-state index in [1.807, 2.05) is 13.0 Å². The lowest BCUT2D eigenvalue weighted by Crippen LogP contribution is -2.26. The summed E-state index contributed by atoms with van der Waals surface area (Å²) in [5, 5.41) is 3.92.